The van der Waals surface area contributed by atoms with Crippen molar-refractivity contribution < 1.29 is 4.79 Å². The van der Waals surface area contributed by atoms with Gasteiger partial charge in [0.1, 0.15) is 11.6 Å². The van der Waals surface area contributed by atoms with Crippen LogP contribution >= 0.6 is 0 Å². The van der Waals surface area contributed by atoms with Crippen LogP contribution in [0.1, 0.15) is 12.2 Å². The Kier molecular flexibility index (Phi) is 4.65. The van der Waals surface area contributed by atoms with E-state index in [1.165, 1.54) is 0 Å². The number of pyridine rings is 1. The van der Waals surface area contributed by atoms with Gasteiger partial charge in [0.15, 0.2) is 0 Å². The molecular formula is C18H24N6O. The van der Waals surface area contributed by atoms with Crippen LogP contribution in [0, 0.1) is 0 Å². The molecule has 0 radical (unpaired) electrons. The van der Waals surface area contributed by atoms with E-state index in [1.807, 2.05) is 36.8 Å². The number of hydrogen-bond acceptors (Lipinski definition) is 5. The Balaban J connectivity index is 1.23. The molecule has 25 heavy (non-hydrogen) atoms. The topological polar surface area (TPSA) is 66.3 Å². The van der Waals surface area contributed by atoms with Gasteiger partial charge < -0.3 is 14.8 Å². The van der Waals surface area contributed by atoms with Crippen LogP contribution in [-0.4, -0.2) is 64.1 Å². The molecular weight excluding hydrogens is 316 g/mol. The van der Waals surface area contributed by atoms with Crippen LogP contribution in [0.3, 0.4) is 0 Å². The Labute approximate surface area is 147 Å². The van der Waals surface area contributed by atoms with Gasteiger partial charge in [0.05, 0.1) is 6.54 Å². The fourth-order valence-corrected chi connectivity index (χ4v) is 3.64. The smallest absolute Gasteiger partial charge is 0.234 e. The molecule has 2 aliphatic heterocycles. The van der Waals surface area contributed by atoms with Crippen molar-refractivity contribution in [2.75, 3.05) is 37.6 Å². The molecule has 0 aliphatic carbocycles. The average Bonchev–Trinajstić information content (AvgIpc) is 3.11. The highest BCUT2D eigenvalue weighted by Crippen LogP contribution is 2.14. The van der Waals surface area contributed by atoms with Gasteiger partial charge in [-0.3, -0.25) is 9.69 Å². The molecule has 0 aromatic carbocycles. The highest BCUT2D eigenvalue weighted by atomic mass is 16.2. The predicted octanol–water partition coefficient (Wildman–Crippen LogP) is 0.531. The van der Waals surface area contributed by atoms with Crippen molar-refractivity contribution >= 4 is 11.7 Å². The summed E-state index contributed by atoms with van der Waals surface area (Å²) in [5.41, 5.74) is 0. The van der Waals surface area contributed by atoms with Crippen molar-refractivity contribution in [2.24, 2.45) is 0 Å². The number of hydrogen-bond donors (Lipinski definition) is 1. The van der Waals surface area contributed by atoms with Crippen molar-refractivity contribution in [3.63, 3.8) is 0 Å². The average molecular weight is 340 g/mol. The quantitative estimate of drug-likeness (QED) is 0.880. The SMILES string of the molecule is O=C(CN1CCN(c2ccccn2)CC1)N[C@H]1CCc2nccn2C1. The lowest BCUT2D eigenvalue weighted by molar-refractivity contribution is -0.123. The first-order valence-corrected chi connectivity index (χ1v) is 8.95. The Morgan fingerprint density at radius 2 is 2.04 bits per heavy atom. The molecule has 132 valence electrons. The normalized spacial score (nSPS) is 21.0. The molecule has 1 saturated heterocycles. The molecule has 1 fully saturated rings. The van der Waals surface area contributed by atoms with E-state index in [9.17, 15) is 4.79 Å². The number of piperazine rings is 1. The van der Waals surface area contributed by atoms with Gasteiger partial charge in [-0.1, -0.05) is 6.07 Å². The third-order valence-electron chi connectivity index (χ3n) is 5.01. The molecule has 0 saturated carbocycles. The van der Waals surface area contributed by atoms with Crippen molar-refractivity contribution in [1.29, 1.82) is 0 Å². The maximum atomic E-state index is 12.4. The highest BCUT2D eigenvalue weighted by molar-refractivity contribution is 5.78. The molecule has 0 unspecified atom stereocenters. The molecule has 1 N–H and O–H groups in total. The van der Waals surface area contributed by atoms with Gasteiger partial charge in [-0.05, 0) is 18.6 Å². The third kappa shape index (κ3) is 3.82. The fourth-order valence-electron chi connectivity index (χ4n) is 3.64. The first-order chi connectivity index (χ1) is 12.3. The zero-order valence-corrected chi connectivity index (χ0v) is 14.3. The van der Waals surface area contributed by atoms with Gasteiger partial charge in [0.2, 0.25) is 5.91 Å². The molecule has 7 nitrogen and oxygen atoms in total. The summed E-state index contributed by atoms with van der Waals surface area (Å²) < 4.78 is 2.14. The zero-order chi connectivity index (χ0) is 17.1. The lowest BCUT2D eigenvalue weighted by atomic mass is 10.1. The minimum absolute atomic E-state index is 0.125. The molecule has 0 bridgehead atoms. The number of amides is 1. The molecule has 2 aliphatic rings. The van der Waals surface area contributed by atoms with E-state index >= 15 is 0 Å². The maximum Gasteiger partial charge on any atom is 0.234 e. The summed E-state index contributed by atoms with van der Waals surface area (Å²) >= 11 is 0. The van der Waals surface area contributed by atoms with Crippen LogP contribution in [0.2, 0.25) is 0 Å². The molecule has 7 heteroatoms. The van der Waals surface area contributed by atoms with Gasteiger partial charge in [-0.15, -0.1) is 0 Å². The first kappa shape index (κ1) is 16.1. The van der Waals surface area contributed by atoms with E-state index in [0.29, 0.717) is 6.54 Å². The largest absolute Gasteiger partial charge is 0.354 e. The molecule has 1 atom stereocenters. The van der Waals surface area contributed by atoms with Gasteiger partial charge in [0.25, 0.3) is 0 Å². The number of nitrogens with one attached hydrogen (secondary N) is 1. The fraction of sp³-hybridized carbons (Fsp3) is 0.500. The van der Waals surface area contributed by atoms with E-state index in [1.54, 1.807) is 0 Å². The predicted molar refractivity (Wildman–Crippen MR) is 95.4 cm³/mol. The molecule has 0 spiro atoms. The standard InChI is InChI=1S/C18H24N6O/c25-18(21-15-4-5-17-20-7-8-24(17)13-15)14-22-9-11-23(12-10-22)16-3-1-2-6-19-16/h1-3,6-8,15H,4-5,9-14H2,(H,21,25)/t15-/m0/s1. The number of anilines is 1. The van der Waals surface area contributed by atoms with E-state index in [-0.39, 0.29) is 11.9 Å². The van der Waals surface area contributed by atoms with Gasteiger partial charge in [0, 0.05) is 63.8 Å². The second kappa shape index (κ2) is 7.23. The van der Waals surface area contributed by atoms with Crippen LogP contribution in [0.15, 0.2) is 36.8 Å². The molecule has 2 aromatic heterocycles. The minimum atomic E-state index is 0.125. The van der Waals surface area contributed by atoms with Gasteiger partial charge >= 0.3 is 0 Å². The molecule has 4 rings (SSSR count). The molecule has 2 aromatic rings. The number of nitrogens with zero attached hydrogens (tertiary/aromatic N) is 5. The summed E-state index contributed by atoms with van der Waals surface area (Å²) in [4.78, 5) is 25.6. The summed E-state index contributed by atoms with van der Waals surface area (Å²) in [5.74, 6) is 2.26. The van der Waals surface area contributed by atoms with Crippen molar-refractivity contribution in [3.8, 4) is 0 Å². The third-order valence-corrected chi connectivity index (χ3v) is 5.01. The summed E-state index contributed by atoms with van der Waals surface area (Å²) in [5, 5.41) is 3.18. The lowest BCUT2D eigenvalue weighted by Crippen LogP contribution is -2.51. The Morgan fingerprint density at radius 3 is 2.84 bits per heavy atom. The Morgan fingerprint density at radius 1 is 1.16 bits per heavy atom. The highest BCUT2D eigenvalue weighted by Gasteiger charge is 2.23. The Hall–Kier alpha value is -2.41. The number of imidazole rings is 1. The van der Waals surface area contributed by atoms with E-state index in [0.717, 1.165) is 57.2 Å². The minimum Gasteiger partial charge on any atom is -0.354 e. The first-order valence-electron chi connectivity index (χ1n) is 8.95. The lowest BCUT2D eigenvalue weighted by Gasteiger charge is -2.35. The van der Waals surface area contributed by atoms with E-state index < -0.39 is 0 Å². The van der Waals surface area contributed by atoms with Crippen LogP contribution < -0.4 is 10.2 Å². The van der Waals surface area contributed by atoms with Crippen LogP contribution in [0.5, 0.6) is 0 Å². The van der Waals surface area contributed by atoms with Gasteiger partial charge in [-0.25, -0.2) is 9.97 Å². The number of carbonyl (C=O) groups is 1. The second-order valence-corrected chi connectivity index (χ2v) is 6.75. The van der Waals surface area contributed by atoms with Crippen molar-refractivity contribution in [2.45, 2.75) is 25.4 Å². The van der Waals surface area contributed by atoms with E-state index in [2.05, 4.69) is 29.7 Å². The summed E-state index contributed by atoms with van der Waals surface area (Å²) in [6.45, 7) is 4.90. The summed E-state index contributed by atoms with van der Waals surface area (Å²) in [6.07, 6.45) is 7.55. The molecule has 4 heterocycles. The number of rotatable bonds is 4. The second-order valence-electron chi connectivity index (χ2n) is 6.75. The van der Waals surface area contributed by atoms with Crippen molar-refractivity contribution in [1.82, 2.24) is 24.8 Å². The number of aryl methyl sites for hydroxylation is 1. The summed E-state index contributed by atoms with van der Waals surface area (Å²) in [7, 11) is 0. The maximum absolute atomic E-state index is 12.4. The van der Waals surface area contributed by atoms with Crippen LogP contribution in [0.4, 0.5) is 5.82 Å². The zero-order valence-electron chi connectivity index (χ0n) is 14.3. The van der Waals surface area contributed by atoms with Crippen molar-refractivity contribution in [3.05, 3.63) is 42.6 Å². The molecule has 1 amide bonds. The van der Waals surface area contributed by atoms with Crippen LogP contribution in [0.25, 0.3) is 0 Å². The monoisotopic (exact) mass is 340 g/mol. The number of aromatic nitrogens is 3. The van der Waals surface area contributed by atoms with Crippen LogP contribution in [-0.2, 0) is 17.8 Å². The number of carbonyl (C=O) groups excluding carboxylic acids is 1. The number of fused-ring (bicyclic) bond motifs is 1. The Bertz CT molecular complexity index is 707. The van der Waals surface area contributed by atoms with E-state index in [4.69, 9.17) is 0 Å². The summed E-state index contributed by atoms with van der Waals surface area (Å²) in [6, 6.07) is 6.19. The van der Waals surface area contributed by atoms with Gasteiger partial charge in [-0.2, -0.15) is 0 Å².